The summed E-state index contributed by atoms with van der Waals surface area (Å²) in [5.74, 6) is -0.379. The number of carbonyl (C=O) groups is 1. The second-order valence-electron chi connectivity index (χ2n) is 15.8. The van der Waals surface area contributed by atoms with Crippen LogP contribution in [0.4, 0.5) is 0 Å². The molecule has 0 aliphatic carbocycles. The fourth-order valence-corrected chi connectivity index (χ4v) is 7.44. The van der Waals surface area contributed by atoms with Gasteiger partial charge in [-0.2, -0.15) is 0 Å². The highest BCUT2D eigenvalue weighted by Crippen LogP contribution is 2.43. The predicted octanol–water partition coefficient (Wildman–Crippen LogP) is 12.9. The topological polar surface area (TPSA) is 132 Å². The Labute approximate surface area is 339 Å². The van der Waals surface area contributed by atoms with Gasteiger partial charge in [-0.15, -0.1) is 0 Å². The molecular formula is C45H89O9P. The van der Waals surface area contributed by atoms with E-state index in [2.05, 4.69) is 26.0 Å². The first kappa shape index (κ1) is 54.2. The third kappa shape index (κ3) is 42.6. The Balaban J connectivity index is 4.11. The molecule has 3 atom stereocenters. The van der Waals surface area contributed by atoms with E-state index in [-0.39, 0.29) is 25.6 Å². The average molecular weight is 805 g/mol. The van der Waals surface area contributed by atoms with Gasteiger partial charge in [-0.3, -0.25) is 13.8 Å². The van der Waals surface area contributed by atoms with Crippen LogP contribution < -0.4 is 0 Å². The predicted molar refractivity (Wildman–Crippen MR) is 228 cm³/mol. The summed E-state index contributed by atoms with van der Waals surface area (Å²) in [6.45, 7) is 3.55. The van der Waals surface area contributed by atoms with Crippen LogP contribution in [0.5, 0.6) is 0 Å². The van der Waals surface area contributed by atoms with Gasteiger partial charge in [0.25, 0.3) is 0 Å². The van der Waals surface area contributed by atoms with Crippen molar-refractivity contribution in [1.82, 2.24) is 0 Å². The lowest BCUT2D eigenvalue weighted by Crippen LogP contribution is -2.29. The van der Waals surface area contributed by atoms with Crippen LogP contribution in [0, 0.1) is 0 Å². The maximum atomic E-state index is 12.6. The third-order valence-corrected chi connectivity index (χ3v) is 11.2. The number of hydrogen-bond donors (Lipinski definition) is 3. The molecule has 10 heteroatoms. The molecule has 0 saturated heterocycles. The molecule has 3 unspecified atom stereocenters. The number of esters is 1. The van der Waals surface area contributed by atoms with Gasteiger partial charge >= 0.3 is 13.8 Å². The molecule has 0 heterocycles. The number of phosphoric acid groups is 1. The Morgan fingerprint density at radius 1 is 0.545 bits per heavy atom. The van der Waals surface area contributed by atoms with Gasteiger partial charge < -0.3 is 24.6 Å². The van der Waals surface area contributed by atoms with Gasteiger partial charge in [-0.05, 0) is 38.5 Å². The van der Waals surface area contributed by atoms with Crippen LogP contribution >= 0.6 is 7.82 Å². The van der Waals surface area contributed by atoms with Crippen molar-refractivity contribution in [2.75, 3.05) is 33.0 Å². The number of unbranched alkanes of at least 4 members (excludes halogenated alkanes) is 29. The van der Waals surface area contributed by atoms with Gasteiger partial charge in [0.1, 0.15) is 12.2 Å². The van der Waals surface area contributed by atoms with Crippen LogP contribution in [0.25, 0.3) is 0 Å². The molecule has 0 bridgehead atoms. The van der Waals surface area contributed by atoms with Crippen molar-refractivity contribution in [2.45, 2.75) is 238 Å². The number of phosphoric ester groups is 1. The van der Waals surface area contributed by atoms with Gasteiger partial charge in [0.05, 0.1) is 26.4 Å². The maximum absolute atomic E-state index is 12.6. The third-order valence-electron chi connectivity index (χ3n) is 10.2. The summed E-state index contributed by atoms with van der Waals surface area (Å²) < 4.78 is 33.4. The van der Waals surface area contributed by atoms with E-state index in [0.717, 1.165) is 44.9 Å². The Kier molecular flexibility index (Phi) is 42.2. The molecule has 0 aromatic heterocycles. The summed E-state index contributed by atoms with van der Waals surface area (Å²) in [6, 6.07) is 0. The molecule has 0 aliphatic rings. The standard InChI is InChI=1S/C45H89O9P/c1-3-5-7-9-11-13-15-17-19-21-22-23-25-27-29-31-33-35-37-45(48)54-44(42-53-55(49,50)52-40-43(47)39-46)41-51-38-36-34-32-30-28-26-24-20-18-16-14-12-10-8-6-4-2/h18,20,43-44,46-47H,3-17,19,21-42H2,1-2H3,(H,49,50)/b20-18-. The van der Waals surface area contributed by atoms with Gasteiger partial charge in [0, 0.05) is 13.0 Å². The lowest BCUT2D eigenvalue weighted by Gasteiger charge is -2.20. The molecule has 0 aromatic rings. The Morgan fingerprint density at radius 2 is 0.927 bits per heavy atom. The molecule has 9 nitrogen and oxygen atoms in total. The molecule has 0 amide bonds. The summed E-state index contributed by atoms with van der Waals surface area (Å²) in [5.41, 5.74) is 0. The van der Waals surface area contributed by atoms with Crippen molar-refractivity contribution in [3.8, 4) is 0 Å². The lowest BCUT2D eigenvalue weighted by atomic mass is 10.0. The van der Waals surface area contributed by atoms with E-state index in [9.17, 15) is 19.4 Å². The molecule has 0 aromatic carbocycles. The lowest BCUT2D eigenvalue weighted by molar-refractivity contribution is -0.154. The van der Waals surface area contributed by atoms with Crippen molar-refractivity contribution in [1.29, 1.82) is 0 Å². The smallest absolute Gasteiger partial charge is 0.457 e. The number of aliphatic hydroxyl groups is 2. The summed E-state index contributed by atoms with van der Waals surface area (Å²) in [4.78, 5) is 22.6. The largest absolute Gasteiger partial charge is 0.472 e. The average Bonchev–Trinajstić information content (AvgIpc) is 3.18. The number of hydrogen-bond acceptors (Lipinski definition) is 8. The van der Waals surface area contributed by atoms with Crippen LogP contribution in [0.1, 0.15) is 226 Å². The van der Waals surface area contributed by atoms with E-state index in [0.29, 0.717) is 6.61 Å². The zero-order valence-electron chi connectivity index (χ0n) is 35.9. The Bertz CT molecular complexity index is 871. The van der Waals surface area contributed by atoms with E-state index in [1.807, 2.05) is 0 Å². The first-order chi connectivity index (χ1) is 26.8. The first-order valence-electron chi connectivity index (χ1n) is 23.2. The van der Waals surface area contributed by atoms with Crippen LogP contribution in [0.3, 0.4) is 0 Å². The molecule has 55 heavy (non-hydrogen) atoms. The maximum Gasteiger partial charge on any atom is 0.472 e. The highest BCUT2D eigenvalue weighted by molar-refractivity contribution is 7.47. The molecule has 0 radical (unpaired) electrons. The van der Waals surface area contributed by atoms with E-state index in [1.165, 1.54) is 161 Å². The van der Waals surface area contributed by atoms with Crippen LogP contribution in [-0.2, 0) is 27.9 Å². The summed E-state index contributed by atoms with van der Waals surface area (Å²) >= 11 is 0. The Hall–Kier alpha value is -0.800. The van der Waals surface area contributed by atoms with Crippen molar-refractivity contribution in [2.24, 2.45) is 0 Å². The SMILES string of the molecule is CCCCCCCC/C=C\CCCCCCCCOCC(COP(=O)(O)OCC(O)CO)OC(=O)CCCCCCCCCCCCCCCCCCCC. The number of carbonyl (C=O) groups excluding carboxylic acids is 1. The minimum Gasteiger partial charge on any atom is -0.457 e. The number of rotatable bonds is 45. The number of aliphatic hydroxyl groups excluding tert-OH is 2. The monoisotopic (exact) mass is 805 g/mol. The minimum atomic E-state index is -4.51. The highest BCUT2D eigenvalue weighted by atomic mass is 31.2. The van der Waals surface area contributed by atoms with E-state index in [1.54, 1.807) is 0 Å². The molecular weight excluding hydrogens is 715 g/mol. The molecule has 0 aliphatic heterocycles. The van der Waals surface area contributed by atoms with Gasteiger partial charge in [-0.1, -0.05) is 193 Å². The van der Waals surface area contributed by atoms with E-state index >= 15 is 0 Å². The zero-order chi connectivity index (χ0) is 40.3. The number of ether oxygens (including phenoxy) is 2. The van der Waals surface area contributed by atoms with E-state index in [4.69, 9.17) is 23.6 Å². The normalized spacial score (nSPS) is 14.1. The van der Waals surface area contributed by atoms with Gasteiger partial charge in [-0.25, -0.2) is 4.57 Å². The second-order valence-corrected chi connectivity index (χ2v) is 17.2. The molecule has 3 N–H and O–H groups in total. The Morgan fingerprint density at radius 3 is 1.36 bits per heavy atom. The molecule has 328 valence electrons. The highest BCUT2D eigenvalue weighted by Gasteiger charge is 2.26. The summed E-state index contributed by atoms with van der Waals surface area (Å²) in [6.07, 6.45) is 43.1. The first-order valence-corrected chi connectivity index (χ1v) is 24.7. The summed E-state index contributed by atoms with van der Waals surface area (Å²) in [5, 5.41) is 18.4. The van der Waals surface area contributed by atoms with Crippen LogP contribution in [0.15, 0.2) is 12.2 Å². The molecule has 0 saturated carbocycles. The van der Waals surface area contributed by atoms with Crippen molar-refractivity contribution < 1.29 is 43.0 Å². The fraction of sp³-hybridized carbons (Fsp3) is 0.933. The van der Waals surface area contributed by atoms with Gasteiger partial charge in [0.2, 0.25) is 0 Å². The molecule has 0 rings (SSSR count). The van der Waals surface area contributed by atoms with Crippen molar-refractivity contribution in [3.63, 3.8) is 0 Å². The zero-order valence-corrected chi connectivity index (χ0v) is 36.8. The second kappa shape index (κ2) is 42.8. The minimum absolute atomic E-state index is 0.0508. The fourth-order valence-electron chi connectivity index (χ4n) is 6.65. The summed E-state index contributed by atoms with van der Waals surface area (Å²) in [7, 11) is -4.51. The van der Waals surface area contributed by atoms with E-state index < -0.39 is 33.2 Å². The molecule has 0 spiro atoms. The van der Waals surface area contributed by atoms with Gasteiger partial charge in [0.15, 0.2) is 0 Å². The molecule has 0 fully saturated rings. The van der Waals surface area contributed by atoms with Crippen molar-refractivity contribution in [3.05, 3.63) is 12.2 Å². The quantitative estimate of drug-likeness (QED) is 0.0238. The number of allylic oxidation sites excluding steroid dienone is 2. The van der Waals surface area contributed by atoms with Crippen LogP contribution in [-0.4, -0.2) is 66.3 Å². The van der Waals surface area contributed by atoms with Crippen LogP contribution in [0.2, 0.25) is 0 Å². The van der Waals surface area contributed by atoms with Crippen molar-refractivity contribution >= 4 is 13.8 Å².